The van der Waals surface area contributed by atoms with Crippen LogP contribution in [0.4, 0.5) is 0 Å². The lowest BCUT2D eigenvalue weighted by Crippen LogP contribution is -2.55. The summed E-state index contributed by atoms with van der Waals surface area (Å²) in [4.78, 5) is 5.11. The van der Waals surface area contributed by atoms with Crippen LogP contribution in [0.1, 0.15) is 31.1 Å². The van der Waals surface area contributed by atoms with Gasteiger partial charge in [0, 0.05) is 37.3 Å². The number of piperazine rings is 1. The Morgan fingerprint density at radius 3 is 2.29 bits per heavy atom. The second-order valence-electron chi connectivity index (χ2n) is 6.08. The van der Waals surface area contributed by atoms with Crippen LogP contribution in [-0.4, -0.2) is 58.7 Å². The van der Waals surface area contributed by atoms with Gasteiger partial charge in [-0.1, -0.05) is 36.5 Å². The van der Waals surface area contributed by atoms with Gasteiger partial charge in [-0.25, -0.2) is 0 Å². The molecule has 3 unspecified atom stereocenters. The summed E-state index contributed by atoms with van der Waals surface area (Å²) < 4.78 is 0. The average Bonchev–Trinajstić information content (AvgIpc) is 2.44. The molecule has 1 aliphatic heterocycles. The fourth-order valence-corrected chi connectivity index (χ4v) is 3.02. The zero-order valence-corrected chi connectivity index (χ0v) is 13.8. The van der Waals surface area contributed by atoms with Crippen LogP contribution < -0.4 is 5.73 Å². The standard InChI is InChI=1S/C16H25N3OS/c1-11-8-19(9-12(2)18(11)3)10-15(20)13-4-6-14(7-5-13)16(17)21/h4-7,11-12,15,20H,8-10H2,1-3H3,(H2,17,21). The molecular formula is C16H25N3OS. The summed E-state index contributed by atoms with van der Waals surface area (Å²) in [5.74, 6) is 0. The van der Waals surface area contributed by atoms with Gasteiger partial charge >= 0.3 is 0 Å². The number of thiocarbonyl (C=S) groups is 1. The van der Waals surface area contributed by atoms with E-state index in [9.17, 15) is 5.11 Å². The number of hydrogen-bond acceptors (Lipinski definition) is 4. The number of aliphatic hydroxyl groups is 1. The van der Waals surface area contributed by atoms with Gasteiger partial charge in [-0.2, -0.15) is 0 Å². The third kappa shape index (κ3) is 4.01. The number of nitrogens with zero attached hydrogens (tertiary/aromatic N) is 2. The molecule has 21 heavy (non-hydrogen) atoms. The summed E-state index contributed by atoms with van der Waals surface area (Å²) >= 11 is 4.94. The van der Waals surface area contributed by atoms with Crippen LogP contribution in [0.5, 0.6) is 0 Å². The second kappa shape index (κ2) is 6.83. The van der Waals surface area contributed by atoms with Crippen molar-refractivity contribution >= 4 is 17.2 Å². The molecule has 0 bridgehead atoms. The zero-order valence-electron chi connectivity index (χ0n) is 13.0. The topological polar surface area (TPSA) is 52.7 Å². The molecule has 0 aromatic heterocycles. The van der Waals surface area contributed by atoms with Crippen molar-refractivity contribution in [2.45, 2.75) is 32.0 Å². The van der Waals surface area contributed by atoms with Gasteiger partial charge in [0.25, 0.3) is 0 Å². The first kappa shape index (κ1) is 16.4. The SMILES string of the molecule is CC1CN(CC(O)c2ccc(C(N)=S)cc2)CC(C)N1C. The van der Waals surface area contributed by atoms with Gasteiger partial charge in [-0.05, 0) is 26.5 Å². The van der Waals surface area contributed by atoms with E-state index in [0.29, 0.717) is 23.6 Å². The van der Waals surface area contributed by atoms with Gasteiger partial charge in [0.05, 0.1) is 6.10 Å². The molecule has 0 spiro atoms. The van der Waals surface area contributed by atoms with Gasteiger partial charge < -0.3 is 10.8 Å². The van der Waals surface area contributed by atoms with Crippen LogP contribution in [0.3, 0.4) is 0 Å². The summed E-state index contributed by atoms with van der Waals surface area (Å²) in [5, 5.41) is 10.4. The summed E-state index contributed by atoms with van der Waals surface area (Å²) in [6.07, 6.45) is -0.479. The van der Waals surface area contributed by atoms with Crippen LogP contribution in [0.25, 0.3) is 0 Å². The molecule has 1 heterocycles. The molecule has 1 aliphatic rings. The van der Waals surface area contributed by atoms with E-state index >= 15 is 0 Å². The molecule has 1 fully saturated rings. The smallest absolute Gasteiger partial charge is 0.103 e. The molecule has 1 aromatic rings. The van der Waals surface area contributed by atoms with Crippen LogP contribution in [-0.2, 0) is 0 Å². The highest BCUT2D eigenvalue weighted by atomic mass is 32.1. The maximum atomic E-state index is 10.4. The van der Waals surface area contributed by atoms with Crippen molar-refractivity contribution < 1.29 is 5.11 Å². The minimum Gasteiger partial charge on any atom is -0.389 e. The number of aliphatic hydroxyl groups excluding tert-OH is 1. The van der Waals surface area contributed by atoms with Crippen LogP contribution in [0.2, 0.25) is 0 Å². The number of nitrogens with two attached hydrogens (primary N) is 1. The summed E-state index contributed by atoms with van der Waals surface area (Å²) in [6.45, 7) is 7.10. The number of β-amino-alcohol motifs (C(OH)–C–C–N with tert-alkyl or cyclic N) is 1. The van der Waals surface area contributed by atoms with Gasteiger partial charge in [0.1, 0.15) is 4.99 Å². The van der Waals surface area contributed by atoms with E-state index < -0.39 is 6.10 Å². The average molecular weight is 307 g/mol. The molecule has 1 saturated heterocycles. The fourth-order valence-electron chi connectivity index (χ4n) is 2.88. The maximum Gasteiger partial charge on any atom is 0.103 e. The summed E-state index contributed by atoms with van der Waals surface area (Å²) in [5.41, 5.74) is 7.34. The zero-order chi connectivity index (χ0) is 15.6. The molecule has 116 valence electrons. The minimum absolute atomic E-state index is 0.387. The number of rotatable bonds is 4. The number of hydrogen-bond donors (Lipinski definition) is 2. The third-order valence-corrected chi connectivity index (χ3v) is 4.68. The molecule has 3 N–H and O–H groups in total. The van der Waals surface area contributed by atoms with Crippen LogP contribution >= 0.6 is 12.2 Å². The second-order valence-corrected chi connectivity index (χ2v) is 6.52. The van der Waals surface area contributed by atoms with Crippen molar-refractivity contribution in [3.63, 3.8) is 0 Å². The van der Waals surface area contributed by atoms with Crippen LogP contribution in [0, 0.1) is 0 Å². The van der Waals surface area contributed by atoms with Crippen molar-refractivity contribution in [1.82, 2.24) is 9.80 Å². The Hall–Kier alpha value is -1.01. The fraction of sp³-hybridized carbons (Fsp3) is 0.562. The lowest BCUT2D eigenvalue weighted by molar-refractivity contribution is 0.0282. The van der Waals surface area contributed by atoms with E-state index in [2.05, 4.69) is 30.7 Å². The first-order valence-electron chi connectivity index (χ1n) is 7.40. The Morgan fingerprint density at radius 1 is 1.29 bits per heavy atom. The van der Waals surface area contributed by atoms with Crippen molar-refractivity contribution in [3.05, 3.63) is 35.4 Å². The number of benzene rings is 1. The summed E-state index contributed by atoms with van der Waals surface area (Å²) in [7, 11) is 2.16. The van der Waals surface area contributed by atoms with Gasteiger partial charge in [0.15, 0.2) is 0 Å². The molecular weight excluding hydrogens is 282 g/mol. The molecule has 0 saturated carbocycles. The van der Waals surface area contributed by atoms with Gasteiger partial charge in [-0.15, -0.1) is 0 Å². The molecule has 0 radical (unpaired) electrons. The highest BCUT2D eigenvalue weighted by Crippen LogP contribution is 2.19. The Balaban J connectivity index is 1.97. The predicted octanol–water partition coefficient (Wildman–Crippen LogP) is 1.38. The maximum absolute atomic E-state index is 10.4. The Morgan fingerprint density at radius 2 is 1.81 bits per heavy atom. The molecule has 5 heteroatoms. The lowest BCUT2D eigenvalue weighted by atomic mass is 10.0. The molecule has 3 atom stereocenters. The van der Waals surface area contributed by atoms with E-state index in [1.165, 1.54) is 0 Å². The molecule has 0 aliphatic carbocycles. The monoisotopic (exact) mass is 307 g/mol. The lowest BCUT2D eigenvalue weighted by Gasteiger charge is -2.43. The number of likely N-dealkylation sites (N-methyl/N-ethyl adjacent to an activating group) is 1. The first-order valence-corrected chi connectivity index (χ1v) is 7.81. The quantitative estimate of drug-likeness (QED) is 0.823. The highest BCUT2D eigenvalue weighted by Gasteiger charge is 2.27. The largest absolute Gasteiger partial charge is 0.389 e. The van der Waals surface area contributed by atoms with E-state index in [1.54, 1.807) is 0 Å². The molecule has 1 aromatic carbocycles. The van der Waals surface area contributed by atoms with Crippen LogP contribution in [0.15, 0.2) is 24.3 Å². The van der Waals surface area contributed by atoms with Crippen molar-refractivity contribution in [2.24, 2.45) is 5.73 Å². The van der Waals surface area contributed by atoms with E-state index in [4.69, 9.17) is 18.0 Å². The minimum atomic E-state index is -0.479. The first-order chi connectivity index (χ1) is 9.88. The van der Waals surface area contributed by atoms with Crippen molar-refractivity contribution in [1.29, 1.82) is 0 Å². The molecule has 0 amide bonds. The third-order valence-electron chi connectivity index (χ3n) is 4.45. The normalized spacial score (nSPS) is 25.7. The van der Waals surface area contributed by atoms with Gasteiger partial charge in [-0.3, -0.25) is 9.80 Å². The summed E-state index contributed by atoms with van der Waals surface area (Å²) in [6, 6.07) is 8.58. The Bertz CT molecular complexity index is 479. The molecule has 2 rings (SSSR count). The van der Waals surface area contributed by atoms with Gasteiger partial charge in [0.2, 0.25) is 0 Å². The molecule has 4 nitrogen and oxygen atoms in total. The van der Waals surface area contributed by atoms with Crippen molar-refractivity contribution in [3.8, 4) is 0 Å². The Labute approximate surface area is 132 Å². The predicted molar refractivity (Wildman–Crippen MR) is 90.4 cm³/mol. The van der Waals surface area contributed by atoms with E-state index in [1.807, 2.05) is 24.3 Å². The van der Waals surface area contributed by atoms with Crippen molar-refractivity contribution in [2.75, 3.05) is 26.7 Å². The van der Waals surface area contributed by atoms with E-state index in [0.717, 1.165) is 24.2 Å². The highest BCUT2D eigenvalue weighted by molar-refractivity contribution is 7.80. The van der Waals surface area contributed by atoms with E-state index in [-0.39, 0.29) is 0 Å². The Kier molecular flexibility index (Phi) is 5.32.